The van der Waals surface area contributed by atoms with E-state index in [2.05, 4.69) is 0 Å². The van der Waals surface area contributed by atoms with E-state index in [0.717, 1.165) is 54.3 Å². The first-order chi connectivity index (χ1) is 23.7. The van der Waals surface area contributed by atoms with Crippen LogP contribution in [0.15, 0.2) is 106 Å². The van der Waals surface area contributed by atoms with Crippen molar-refractivity contribution in [3.05, 3.63) is 141 Å². The largest absolute Gasteiger partial charge is 0.481 e. The van der Waals surface area contributed by atoms with E-state index in [1.54, 1.807) is 48.9 Å². The number of rotatable bonds is 8. The van der Waals surface area contributed by atoms with Crippen LogP contribution in [0.1, 0.15) is 60.1 Å². The third-order valence-corrected chi connectivity index (χ3v) is 10.5. The number of hydrogen-bond acceptors (Lipinski definition) is 4. The fraction of sp³-hybridized carbons (Fsp3) is 0.150. The molecule has 0 fully saturated rings. The minimum Gasteiger partial charge on any atom is -0.481 e. The highest BCUT2D eigenvalue weighted by Gasteiger charge is 2.27. The van der Waals surface area contributed by atoms with Crippen LogP contribution in [0.2, 0.25) is 0 Å². The molecule has 0 heterocycles. The molecule has 0 spiro atoms. The molecule has 0 aromatic heterocycles. The van der Waals surface area contributed by atoms with Gasteiger partial charge in [-0.2, -0.15) is 0 Å². The Bertz CT molecular complexity index is 2040. The highest BCUT2D eigenvalue weighted by Crippen LogP contribution is 2.45. The Kier molecular flexibility index (Phi) is 11.0. The number of halogens is 2. The van der Waals surface area contributed by atoms with E-state index in [1.165, 1.54) is 24.3 Å². The van der Waals surface area contributed by atoms with E-state index < -0.39 is 33.5 Å². The number of carboxylic acid groups (broad SMARTS) is 2. The van der Waals surface area contributed by atoms with Gasteiger partial charge in [0.2, 0.25) is 0 Å². The van der Waals surface area contributed by atoms with E-state index in [9.17, 15) is 26.8 Å². The molecule has 50 heavy (non-hydrogen) atoms. The Balaban J connectivity index is 0.000000194. The number of carbonyl (C=O) groups is 2. The fourth-order valence-electron chi connectivity index (χ4n) is 6.11. The second-order valence-electron chi connectivity index (χ2n) is 11.9. The molecule has 10 heteroatoms. The van der Waals surface area contributed by atoms with E-state index >= 15 is 0 Å². The minimum absolute atomic E-state index is 0.145. The van der Waals surface area contributed by atoms with Crippen molar-refractivity contribution in [3.63, 3.8) is 0 Å². The van der Waals surface area contributed by atoms with Crippen LogP contribution >= 0.6 is 0 Å². The van der Waals surface area contributed by atoms with E-state index in [4.69, 9.17) is 10.2 Å². The summed E-state index contributed by atoms with van der Waals surface area (Å²) in [5.41, 5.74) is 9.49. The first-order valence-electron chi connectivity index (χ1n) is 15.5. The van der Waals surface area contributed by atoms with Crippen LogP contribution in [0, 0.1) is 11.6 Å². The van der Waals surface area contributed by atoms with Gasteiger partial charge in [0.25, 0.3) is 0 Å². The van der Waals surface area contributed by atoms with Crippen LogP contribution in [0.25, 0.3) is 34.4 Å². The number of hydrogen-bond donors (Lipinski definition) is 2. The summed E-state index contributed by atoms with van der Waals surface area (Å²) in [6.45, 7) is 3.72. The first kappa shape index (κ1) is 36.2. The predicted octanol–water partition coefficient (Wildman–Crippen LogP) is 8.73. The quantitative estimate of drug-likeness (QED) is 0.189. The third kappa shape index (κ3) is 8.04. The van der Waals surface area contributed by atoms with Crippen molar-refractivity contribution in [2.24, 2.45) is 0 Å². The molecule has 0 unspecified atom stereocenters. The lowest BCUT2D eigenvalue weighted by Gasteiger charge is -2.05. The van der Waals surface area contributed by atoms with Gasteiger partial charge in [-0.15, -0.1) is 0 Å². The number of carboxylic acids is 2. The maximum atomic E-state index is 13.7. The molecule has 2 N–H and O–H groups in total. The van der Waals surface area contributed by atoms with Crippen LogP contribution in [-0.2, 0) is 31.2 Å². The average Bonchev–Trinajstić information content (AvgIpc) is 3.45. The predicted molar refractivity (Wildman–Crippen MR) is 196 cm³/mol. The Hall–Kier alpha value is -5.06. The number of aliphatic carboxylic acids is 2. The van der Waals surface area contributed by atoms with Crippen molar-refractivity contribution in [1.82, 2.24) is 0 Å². The molecule has 2 atom stereocenters. The van der Waals surface area contributed by atoms with Crippen LogP contribution in [0.5, 0.6) is 0 Å². The second kappa shape index (κ2) is 15.2. The van der Waals surface area contributed by atoms with Crippen LogP contribution in [-0.4, -0.2) is 43.1 Å². The fourth-order valence-corrected chi connectivity index (χ4v) is 7.15. The van der Waals surface area contributed by atoms with Gasteiger partial charge >= 0.3 is 11.9 Å². The molecule has 2 aliphatic rings. The molecular formula is C40H34F2O6S2. The van der Waals surface area contributed by atoms with Crippen LogP contribution < -0.4 is 0 Å². The summed E-state index contributed by atoms with van der Waals surface area (Å²) < 4.78 is 50.3. The zero-order valence-corrected chi connectivity index (χ0v) is 29.4. The molecule has 6 rings (SSSR count). The van der Waals surface area contributed by atoms with Gasteiger partial charge in [0.05, 0.1) is 12.8 Å². The highest BCUT2D eigenvalue weighted by molar-refractivity contribution is 7.84. The lowest BCUT2D eigenvalue weighted by molar-refractivity contribution is -0.136. The van der Waals surface area contributed by atoms with Crippen molar-refractivity contribution in [3.8, 4) is 0 Å². The summed E-state index contributed by atoms with van der Waals surface area (Å²) in [5.74, 6) is -2.66. The van der Waals surface area contributed by atoms with Gasteiger partial charge in [0.1, 0.15) is 11.6 Å². The van der Waals surface area contributed by atoms with Crippen molar-refractivity contribution in [1.29, 1.82) is 0 Å². The molecule has 0 aliphatic heterocycles. The van der Waals surface area contributed by atoms with E-state index in [1.807, 2.05) is 50.3 Å². The van der Waals surface area contributed by atoms with E-state index in [-0.39, 0.29) is 24.5 Å². The maximum Gasteiger partial charge on any atom is 0.307 e. The van der Waals surface area contributed by atoms with Gasteiger partial charge in [0.15, 0.2) is 0 Å². The summed E-state index contributed by atoms with van der Waals surface area (Å²) in [5, 5.41) is 18.3. The Morgan fingerprint density at radius 1 is 0.580 bits per heavy atom. The standard InChI is InChI=1S/2C20H17FO3S/c2*1-12-17(9-13-3-6-15(7-4-13)25(2)24)16-8-5-14(21)10-19(16)18(12)11-20(22)23/h2*3-10H,11H2,1-2H3,(H,22,23)/b2*17-9+/t2*25-/m10/s1. The molecule has 4 aromatic rings. The first-order valence-corrected chi connectivity index (χ1v) is 18.6. The Labute approximate surface area is 294 Å². The maximum absolute atomic E-state index is 13.7. The zero-order valence-electron chi connectivity index (χ0n) is 27.8. The summed E-state index contributed by atoms with van der Waals surface area (Å²) in [4.78, 5) is 23.9. The average molecular weight is 713 g/mol. The van der Waals surface area contributed by atoms with Gasteiger partial charge in [-0.25, -0.2) is 8.78 Å². The minimum atomic E-state index is -1.04. The molecule has 0 bridgehead atoms. The van der Waals surface area contributed by atoms with Gasteiger partial charge in [-0.05, 0) is 141 Å². The van der Waals surface area contributed by atoms with Crippen molar-refractivity contribution in [2.45, 2.75) is 36.5 Å². The van der Waals surface area contributed by atoms with Gasteiger partial charge < -0.3 is 10.2 Å². The van der Waals surface area contributed by atoms with Crippen molar-refractivity contribution in [2.75, 3.05) is 12.5 Å². The molecule has 0 amide bonds. The van der Waals surface area contributed by atoms with Crippen molar-refractivity contribution >= 4 is 68.0 Å². The molecule has 256 valence electrons. The second-order valence-corrected chi connectivity index (χ2v) is 14.6. The normalized spacial score (nSPS) is 16.2. The van der Waals surface area contributed by atoms with Crippen LogP contribution in [0.3, 0.4) is 0 Å². The lowest BCUT2D eigenvalue weighted by Crippen LogP contribution is -1.97. The summed E-state index contributed by atoms with van der Waals surface area (Å²) in [6, 6.07) is 23.6. The Morgan fingerprint density at radius 2 is 0.920 bits per heavy atom. The summed E-state index contributed by atoms with van der Waals surface area (Å²) >= 11 is 0. The SMILES string of the molecule is CC1=C(CC(=O)O)c2cc(F)ccc2/C1=C/c1ccc([S@@](C)=O)cc1.CC1=C(CC(=O)O)c2cc(F)ccc2/C1=C/c1ccc([S@](C)=O)cc1. The summed E-state index contributed by atoms with van der Waals surface area (Å²) in [6.07, 6.45) is 6.86. The van der Waals surface area contributed by atoms with Gasteiger partial charge in [-0.3, -0.25) is 18.0 Å². The molecular weight excluding hydrogens is 679 g/mol. The molecule has 2 aliphatic carbocycles. The van der Waals surface area contributed by atoms with E-state index in [0.29, 0.717) is 22.3 Å². The van der Waals surface area contributed by atoms with Crippen LogP contribution in [0.4, 0.5) is 8.78 Å². The Morgan fingerprint density at radius 3 is 1.22 bits per heavy atom. The smallest absolute Gasteiger partial charge is 0.307 e. The van der Waals surface area contributed by atoms with Crippen molar-refractivity contribution < 1.29 is 37.0 Å². The molecule has 0 saturated carbocycles. The highest BCUT2D eigenvalue weighted by atomic mass is 32.2. The summed E-state index contributed by atoms with van der Waals surface area (Å²) in [7, 11) is -2.07. The number of fused-ring (bicyclic) bond motifs is 2. The molecule has 6 nitrogen and oxygen atoms in total. The topological polar surface area (TPSA) is 109 Å². The van der Waals surface area contributed by atoms with Gasteiger partial charge in [-0.1, -0.05) is 36.4 Å². The monoisotopic (exact) mass is 712 g/mol. The molecule has 0 radical (unpaired) electrons. The molecule has 0 saturated heterocycles. The number of allylic oxidation sites excluding steroid dienone is 4. The zero-order chi connectivity index (χ0) is 36.3. The number of benzene rings is 4. The van der Waals surface area contributed by atoms with Gasteiger partial charge in [0, 0.05) is 43.9 Å². The molecule has 4 aromatic carbocycles. The third-order valence-electron chi connectivity index (χ3n) is 8.61. The lowest BCUT2D eigenvalue weighted by atomic mass is 10.0.